The molecule has 32 heavy (non-hydrogen) atoms. The van der Waals surface area contributed by atoms with Crippen LogP contribution >= 0.6 is 0 Å². The Kier molecular flexibility index (Phi) is 7.07. The van der Waals surface area contributed by atoms with E-state index in [4.69, 9.17) is 0 Å². The number of piperidine rings is 1. The normalized spacial score (nSPS) is 18.8. The highest BCUT2D eigenvalue weighted by Gasteiger charge is 2.42. The van der Waals surface area contributed by atoms with Gasteiger partial charge in [0, 0.05) is 38.2 Å². The lowest BCUT2D eigenvalue weighted by Crippen LogP contribution is -2.53. The molecule has 1 fully saturated rings. The Balaban J connectivity index is 1.64. The number of aromatic nitrogens is 2. The number of benzene rings is 1. The van der Waals surface area contributed by atoms with Crippen molar-refractivity contribution in [3.8, 4) is 11.1 Å². The summed E-state index contributed by atoms with van der Waals surface area (Å²) in [6.45, 7) is 6.68. The van der Waals surface area contributed by atoms with E-state index in [9.17, 15) is 4.79 Å². The lowest BCUT2D eigenvalue weighted by Gasteiger charge is -2.42. The molecule has 0 spiro atoms. The smallest absolute Gasteiger partial charge is 0.228 e. The van der Waals surface area contributed by atoms with Crippen LogP contribution in [0.5, 0.6) is 0 Å². The highest BCUT2D eigenvalue weighted by atomic mass is 16.2. The van der Waals surface area contributed by atoms with Crippen molar-refractivity contribution < 1.29 is 4.79 Å². The number of likely N-dealkylation sites (tertiary alicyclic amines) is 1. The molecule has 1 aliphatic rings. The number of nitrogens with zero attached hydrogens (tertiary/aromatic N) is 3. The molecule has 4 rings (SSSR count). The minimum Gasteiger partial charge on any atom is -0.352 e. The summed E-state index contributed by atoms with van der Waals surface area (Å²) in [6, 6.07) is 18.4. The third kappa shape index (κ3) is 5.11. The number of carbonyl (C=O) groups excluding carboxylic acids is 1. The van der Waals surface area contributed by atoms with E-state index in [0.717, 1.165) is 42.8 Å². The third-order valence-corrected chi connectivity index (χ3v) is 6.19. The quantitative estimate of drug-likeness (QED) is 0.547. The van der Waals surface area contributed by atoms with Gasteiger partial charge in [-0.2, -0.15) is 0 Å². The van der Waals surface area contributed by atoms with Gasteiger partial charge in [-0.25, -0.2) is 0 Å². The number of hydrogen-bond acceptors (Lipinski definition) is 4. The Labute approximate surface area is 190 Å². The minimum absolute atomic E-state index is 0.104. The Hall–Kier alpha value is -3.31. The first kappa shape index (κ1) is 21.9. The summed E-state index contributed by atoms with van der Waals surface area (Å²) in [5.41, 5.74) is 4.00. The molecule has 0 saturated carbocycles. The highest BCUT2D eigenvalue weighted by Crippen LogP contribution is 2.37. The summed E-state index contributed by atoms with van der Waals surface area (Å²) < 4.78 is 0. The van der Waals surface area contributed by atoms with Gasteiger partial charge in [0.1, 0.15) is 0 Å². The monoisotopic (exact) mass is 426 g/mol. The molecule has 1 amide bonds. The average molecular weight is 427 g/mol. The molecule has 5 heteroatoms. The van der Waals surface area contributed by atoms with Crippen molar-refractivity contribution in [3.05, 3.63) is 97.1 Å². The third-order valence-electron chi connectivity index (χ3n) is 6.19. The second-order valence-electron chi connectivity index (χ2n) is 8.48. The molecule has 1 aromatic carbocycles. The molecule has 1 N–H and O–H groups in total. The van der Waals surface area contributed by atoms with Crippen molar-refractivity contribution in [2.75, 3.05) is 19.6 Å². The lowest BCUT2D eigenvalue weighted by atomic mass is 9.73. The van der Waals surface area contributed by atoms with E-state index in [1.54, 1.807) is 6.08 Å². The van der Waals surface area contributed by atoms with E-state index in [2.05, 4.69) is 51.0 Å². The maximum Gasteiger partial charge on any atom is 0.228 e. The molecule has 0 bridgehead atoms. The molecular weight excluding hydrogens is 396 g/mol. The summed E-state index contributed by atoms with van der Waals surface area (Å²) in [7, 11) is 0. The second kappa shape index (κ2) is 10.3. The van der Waals surface area contributed by atoms with E-state index in [0.29, 0.717) is 19.5 Å². The van der Waals surface area contributed by atoms with Crippen LogP contribution in [-0.2, 0) is 17.8 Å². The topological polar surface area (TPSA) is 58.1 Å². The van der Waals surface area contributed by atoms with Gasteiger partial charge < -0.3 is 5.32 Å². The number of rotatable bonds is 8. The zero-order chi connectivity index (χ0) is 22.2. The minimum atomic E-state index is -0.501. The van der Waals surface area contributed by atoms with Gasteiger partial charge in [0.25, 0.3) is 0 Å². The van der Waals surface area contributed by atoms with Gasteiger partial charge in [-0.3, -0.25) is 19.7 Å². The SMILES string of the molecule is C=CCNC(=O)[C@]1(Cc2ccccc2-c2ccncc2)CCCN(Cc2ccccn2)C1. The molecule has 3 heterocycles. The van der Waals surface area contributed by atoms with Crippen LogP contribution in [0.3, 0.4) is 0 Å². The number of nitrogens with one attached hydrogen (secondary N) is 1. The van der Waals surface area contributed by atoms with Crippen LogP contribution in [0.4, 0.5) is 0 Å². The molecule has 5 nitrogen and oxygen atoms in total. The van der Waals surface area contributed by atoms with Crippen LogP contribution in [-0.4, -0.2) is 40.4 Å². The largest absolute Gasteiger partial charge is 0.352 e. The standard InChI is InChI=1S/C27H30N4O/c1-2-14-30-26(32)27(13-7-18-31(21-27)20-24-9-5-6-15-29-24)19-23-8-3-4-10-25(23)22-11-16-28-17-12-22/h2-6,8-12,15-17H,1,7,13-14,18-21H2,(H,30,32)/t27-/m0/s1. The number of hydrogen-bond donors (Lipinski definition) is 1. The fraction of sp³-hybridized carbons (Fsp3) is 0.296. The Morgan fingerprint density at radius 1 is 1.09 bits per heavy atom. The van der Waals surface area contributed by atoms with Crippen LogP contribution in [0.25, 0.3) is 11.1 Å². The summed E-state index contributed by atoms with van der Waals surface area (Å²) in [5, 5.41) is 3.10. The molecule has 1 saturated heterocycles. The van der Waals surface area contributed by atoms with E-state index < -0.39 is 5.41 Å². The summed E-state index contributed by atoms with van der Waals surface area (Å²) in [6.07, 6.45) is 9.72. The van der Waals surface area contributed by atoms with Gasteiger partial charge in [-0.05, 0) is 66.8 Å². The zero-order valence-electron chi connectivity index (χ0n) is 18.4. The summed E-state index contributed by atoms with van der Waals surface area (Å²) in [5.74, 6) is 0.104. The molecule has 164 valence electrons. The van der Waals surface area contributed by atoms with Crippen molar-refractivity contribution in [3.63, 3.8) is 0 Å². The fourth-order valence-corrected chi connectivity index (χ4v) is 4.70. The van der Waals surface area contributed by atoms with Crippen LogP contribution in [0, 0.1) is 5.41 Å². The fourth-order valence-electron chi connectivity index (χ4n) is 4.70. The summed E-state index contributed by atoms with van der Waals surface area (Å²) in [4.78, 5) is 24.5. The van der Waals surface area contributed by atoms with Crippen molar-refractivity contribution in [2.45, 2.75) is 25.8 Å². The molecule has 0 unspecified atom stereocenters. The lowest BCUT2D eigenvalue weighted by molar-refractivity contribution is -0.134. The highest BCUT2D eigenvalue weighted by molar-refractivity contribution is 5.84. The maximum atomic E-state index is 13.5. The van der Waals surface area contributed by atoms with Crippen molar-refractivity contribution in [2.24, 2.45) is 5.41 Å². The zero-order valence-corrected chi connectivity index (χ0v) is 18.4. The van der Waals surface area contributed by atoms with Crippen molar-refractivity contribution >= 4 is 5.91 Å². The first-order valence-corrected chi connectivity index (χ1v) is 11.2. The van der Waals surface area contributed by atoms with Gasteiger partial charge in [-0.1, -0.05) is 36.4 Å². The molecule has 2 aromatic heterocycles. The van der Waals surface area contributed by atoms with E-state index in [1.165, 1.54) is 5.56 Å². The predicted molar refractivity (Wildman–Crippen MR) is 128 cm³/mol. The number of pyridine rings is 2. The number of carbonyl (C=O) groups is 1. The van der Waals surface area contributed by atoms with Crippen LogP contribution in [0.15, 0.2) is 85.8 Å². The maximum absolute atomic E-state index is 13.5. The molecule has 1 aliphatic heterocycles. The van der Waals surface area contributed by atoms with Crippen molar-refractivity contribution in [1.29, 1.82) is 0 Å². The van der Waals surface area contributed by atoms with E-state index >= 15 is 0 Å². The number of amides is 1. The molecule has 3 aromatic rings. The first-order chi connectivity index (χ1) is 15.7. The first-order valence-electron chi connectivity index (χ1n) is 11.2. The van der Waals surface area contributed by atoms with Gasteiger partial charge in [-0.15, -0.1) is 6.58 Å². The van der Waals surface area contributed by atoms with Crippen LogP contribution < -0.4 is 5.32 Å². The van der Waals surface area contributed by atoms with E-state index in [-0.39, 0.29) is 5.91 Å². The van der Waals surface area contributed by atoms with Crippen molar-refractivity contribution in [1.82, 2.24) is 20.2 Å². The molecule has 0 aliphatic carbocycles. The van der Waals surface area contributed by atoms with Gasteiger partial charge in [0.2, 0.25) is 5.91 Å². The van der Waals surface area contributed by atoms with Gasteiger partial charge in [0.05, 0.1) is 11.1 Å². The Bertz CT molecular complexity index is 1040. The summed E-state index contributed by atoms with van der Waals surface area (Å²) >= 11 is 0. The predicted octanol–water partition coefficient (Wildman–Crippen LogP) is 4.27. The van der Waals surface area contributed by atoms with Crippen LogP contribution in [0.1, 0.15) is 24.1 Å². The molecule has 0 radical (unpaired) electrons. The van der Waals surface area contributed by atoms with Gasteiger partial charge >= 0.3 is 0 Å². The van der Waals surface area contributed by atoms with Crippen LogP contribution in [0.2, 0.25) is 0 Å². The Morgan fingerprint density at radius 3 is 2.69 bits per heavy atom. The second-order valence-corrected chi connectivity index (χ2v) is 8.48. The average Bonchev–Trinajstić information content (AvgIpc) is 2.84. The van der Waals surface area contributed by atoms with E-state index in [1.807, 2.05) is 48.9 Å². The molecular formula is C27H30N4O. The Morgan fingerprint density at radius 2 is 1.91 bits per heavy atom. The molecule has 1 atom stereocenters. The van der Waals surface area contributed by atoms with Gasteiger partial charge in [0.15, 0.2) is 0 Å².